The van der Waals surface area contributed by atoms with Gasteiger partial charge in [0.25, 0.3) is 10.1 Å². The van der Waals surface area contributed by atoms with Crippen molar-refractivity contribution in [3.63, 3.8) is 0 Å². The predicted octanol–water partition coefficient (Wildman–Crippen LogP) is 0.673. The summed E-state index contributed by atoms with van der Waals surface area (Å²) in [7, 11) is -1.76. The van der Waals surface area contributed by atoms with Crippen LogP contribution in [0.3, 0.4) is 0 Å². The van der Waals surface area contributed by atoms with E-state index in [1.165, 1.54) is 0 Å². The first-order valence-corrected chi connectivity index (χ1v) is 7.61. The summed E-state index contributed by atoms with van der Waals surface area (Å²) in [5, 5.41) is 2.84. The molecule has 0 rings (SSSR count). The Morgan fingerprint density at radius 3 is 2.28 bits per heavy atom. The minimum atomic E-state index is -3.41. The molecule has 0 saturated carbocycles. The van der Waals surface area contributed by atoms with E-state index >= 15 is 0 Å². The number of rotatable bonds is 7. The Hall–Kier alpha value is -0.660. The molecule has 0 aromatic carbocycles. The quantitative estimate of drug-likeness (QED) is 0.420. The van der Waals surface area contributed by atoms with Crippen LogP contribution in [0, 0.1) is 0 Å². The fourth-order valence-corrected chi connectivity index (χ4v) is 1.67. The van der Waals surface area contributed by atoms with Crippen LogP contribution in [0.15, 0.2) is 0 Å². The van der Waals surface area contributed by atoms with Gasteiger partial charge in [-0.25, -0.2) is 0 Å². The number of carbonyl (C=O) groups excluding carboxylic acids is 1. The zero-order valence-corrected chi connectivity index (χ0v) is 12.5. The molecule has 7 heteroatoms. The number of nitrogens with one attached hydrogen (secondary N) is 1. The van der Waals surface area contributed by atoms with Gasteiger partial charge in [-0.05, 0) is 40.7 Å². The maximum absolute atomic E-state index is 11.7. The molecule has 1 atom stereocenters. The van der Waals surface area contributed by atoms with Gasteiger partial charge in [-0.15, -0.1) is 0 Å². The summed E-state index contributed by atoms with van der Waals surface area (Å²) < 4.78 is 31.3. The second kappa shape index (κ2) is 7.06. The van der Waals surface area contributed by atoms with E-state index in [0.717, 1.165) is 6.26 Å². The van der Waals surface area contributed by atoms with Gasteiger partial charge in [-0.1, -0.05) is 0 Å². The lowest BCUT2D eigenvalue weighted by Crippen LogP contribution is -2.39. The van der Waals surface area contributed by atoms with E-state index in [2.05, 4.69) is 9.50 Å². The third kappa shape index (κ3) is 9.38. The van der Waals surface area contributed by atoms with Crippen molar-refractivity contribution in [2.24, 2.45) is 0 Å². The summed E-state index contributed by atoms with van der Waals surface area (Å²) in [5.74, 6) is -0.343. The van der Waals surface area contributed by atoms with Gasteiger partial charge >= 0.3 is 5.97 Å². The van der Waals surface area contributed by atoms with Crippen LogP contribution in [0.5, 0.6) is 0 Å². The van der Waals surface area contributed by atoms with Crippen molar-refractivity contribution in [3.8, 4) is 0 Å². The van der Waals surface area contributed by atoms with Crippen molar-refractivity contribution in [1.82, 2.24) is 5.32 Å². The Morgan fingerprint density at radius 2 is 1.89 bits per heavy atom. The fraction of sp³-hybridized carbons (Fsp3) is 0.909. The average molecular weight is 281 g/mol. The average Bonchev–Trinajstić information content (AvgIpc) is 2.13. The molecule has 0 saturated heterocycles. The zero-order valence-electron chi connectivity index (χ0n) is 11.6. The Morgan fingerprint density at radius 1 is 1.33 bits per heavy atom. The molecule has 0 aliphatic rings. The molecule has 0 aromatic heterocycles. The molecule has 0 aliphatic heterocycles. The number of hydrogen-bond donors (Lipinski definition) is 1. The minimum Gasteiger partial charge on any atom is -0.459 e. The molecule has 18 heavy (non-hydrogen) atoms. The number of ether oxygens (including phenoxy) is 1. The van der Waals surface area contributed by atoms with E-state index in [9.17, 15) is 13.2 Å². The van der Waals surface area contributed by atoms with Crippen LogP contribution < -0.4 is 5.32 Å². The SMILES string of the molecule is CN[C@@H](CCCOS(C)(=O)=O)C(=O)OC(C)(C)C. The molecular formula is C11H23NO5S. The normalized spacial score (nSPS) is 14.3. The lowest BCUT2D eigenvalue weighted by Gasteiger charge is -2.23. The summed E-state index contributed by atoms with van der Waals surface area (Å²) in [6.07, 6.45) is 1.91. The molecule has 108 valence electrons. The Labute approximate surface area is 109 Å². The van der Waals surface area contributed by atoms with Crippen molar-refractivity contribution in [2.45, 2.75) is 45.3 Å². The van der Waals surface area contributed by atoms with Crippen molar-refractivity contribution >= 4 is 16.1 Å². The molecule has 1 N–H and O–H groups in total. The number of carbonyl (C=O) groups is 1. The molecule has 0 spiro atoms. The first-order chi connectivity index (χ1) is 8.05. The van der Waals surface area contributed by atoms with Crippen LogP contribution in [-0.4, -0.2) is 45.9 Å². The lowest BCUT2D eigenvalue weighted by molar-refractivity contribution is -0.157. The largest absolute Gasteiger partial charge is 0.459 e. The smallest absolute Gasteiger partial charge is 0.323 e. The highest BCUT2D eigenvalue weighted by atomic mass is 32.2. The predicted molar refractivity (Wildman–Crippen MR) is 68.7 cm³/mol. The lowest BCUT2D eigenvalue weighted by atomic mass is 10.1. The highest BCUT2D eigenvalue weighted by Gasteiger charge is 2.23. The fourth-order valence-electron chi connectivity index (χ4n) is 1.25. The Balaban J connectivity index is 4.08. The summed E-state index contributed by atoms with van der Waals surface area (Å²) >= 11 is 0. The Bertz CT molecular complexity index is 358. The summed E-state index contributed by atoms with van der Waals surface area (Å²) in [6, 6.07) is -0.451. The monoisotopic (exact) mass is 281 g/mol. The third-order valence-corrected chi connectivity index (χ3v) is 2.57. The molecule has 0 bridgehead atoms. The molecule has 0 amide bonds. The number of likely N-dealkylation sites (N-methyl/N-ethyl adjacent to an activating group) is 1. The van der Waals surface area contributed by atoms with E-state index in [1.54, 1.807) is 27.8 Å². The van der Waals surface area contributed by atoms with Crippen LogP contribution in [-0.2, 0) is 23.8 Å². The number of hydrogen-bond acceptors (Lipinski definition) is 6. The van der Waals surface area contributed by atoms with Gasteiger partial charge in [0.15, 0.2) is 0 Å². The summed E-state index contributed by atoms with van der Waals surface area (Å²) in [6.45, 7) is 5.46. The third-order valence-electron chi connectivity index (χ3n) is 1.97. The van der Waals surface area contributed by atoms with Crippen LogP contribution in [0.1, 0.15) is 33.6 Å². The van der Waals surface area contributed by atoms with E-state index in [-0.39, 0.29) is 12.6 Å². The zero-order chi connectivity index (χ0) is 14.4. The maximum atomic E-state index is 11.7. The van der Waals surface area contributed by atoms with Gasteiger partial charge in [0.05, 0.1) is 12.9 Å². The van der Waals surface area contributed by atoms with Gasteiger partial charge in [0.1, 0.15) is 11.6 Å². The van der Waals surface area contributed by atoms with Crippen molar-refractivity contribution in [3.05, 3.63) is 0 Å². The molecular weight excluding hydrogens is 258 g/mol. The Kier molecular flexibility index (Phi) is 6.80. The standard InChI is InChI=1S/C11H23NO5S/c1-11(2,3)17-10(13)9(12-4)7-6-8-16-18(5,14)15/h9,12H,6-8H2,1-5H3/t9-/m0/s1. The van der Waals surface area contributed by atoms with E-state index in [1.807, 2.05) is 0 Å². The molecule has 0 fully saturated rings. The molecule has 0 radical (unpaired) electrons. The second-order valence-corrected chi connectivity index (χ2v) is 6.69. The van der Waals surface area contributed by atoms with Crippen LogP contribution >= 0.6 is 0 Å². The molecule has 0 aromatic rings. The van der Waals surface area contributed by atoms with E-state index in [4.69, 9.17) is 4.74 Å². The van der Waals surface area contributed by atoms with Crippen molar-refractivity contribution < 1.29 is 22.1 Å². The van der Waals surface area contributed by atoms with Crippen molar-refractivity contribution in [2.75, 3.05) is 19.9 Å². The first-order valence-electron chi connectivity index (χ1n) is 5.79. The molecule has 6 nitrogen and oxygen atoms in total. The molecule has 0 heterocycles. The van der Waals surface area contributed by atoms with Gasteiger partial charge < -0.3 is 10.1 Å². The van der Waals surface area contributed by atoms with Gasteiger partial charge in [0.2, 0.25) is 0 Å². The highest BCUT2D eigenvalue weighted by molar-refractivity contribution is 7.85. The topological polar surface area (TPSA) is 81.7 Å². The van der Waals surface area contributed by atoms with Crippen LogP contribution in [0.2, 0.25) is 0 Å². The van der Waals surface area contributed by atoms with Gasteiger partial charge in [-0.3, -0.25) is 8.98 Å². The first kappa shape index (κ1) is 17.3. The van der Waals surface area contributed by atoms with E-state index in [0.29, 0.717) is 12.8 Å². The second-order valence-electron chi connectivity index (χ2n) is 5.04. The van der Waals surface area contributed by atoms with Crippen molar-refractivity contribution in [1.29, 1.82) is 0 Å². The summed E-state index contributed by atoms with van der Waals surface area (Å²) in [4.78, 5) is 11.7. The van der Waals surface area contributed by atoms with Gasteiger partial charge in [0, 0.05) is 0 Å². The highest BCUT2D eigenvalue weighted by Crippen LogP contribution is 2.10. The number of esters is 1. The molecule has 0 aliphatic carbocycles. The van der Waals surface area contributed by atoms with Gasteiger partial charge in [-0.2, -0.15) is 8.42 Å². The van der Waals surface area contributed by atoms with Crippen LogP contribution in [0.4, 0.5) is 0 Å². The maximum Gasteiger partial charge on any atom is 0.323 e. The molecule has 0 unspecified atom stereocenters. The minimum absolute atomic E-state index is 0.0693. The summed E-state index contributed by atoms with van der Waals surface area (Å²) in [5.41, 5.74) is -0.532. The van der Waals surface area contributed by atoms with Crippen LogP contribution in [0.25, 0.3) is 0 Å². The van der Waals surface area contributed by atoms with E-state index < -0.39 is 21.8 Å².